The summed E-state index contributed by atoms with van der Waals surface area (Å²) in [5, 5.41) is 26.5. The van der Waals surface area contributed by atoms with Crippen molar-refractivity contribution in [1.82, 2.24) is 0 Å². The first kappa shape index (κ1) is 15.2. The highest BCUT2D eigenvalue weighted by Crippen LogP contribution is 2.32. The number of benzene rings is 1. The minimum absolute atomic E-state index is 0.0195. The molecular weight excluding hydrogens is 250 g/mol. The standard InChI is InChI=1S/C12H19N3O4/c1-3-13-10-5-4-6-11(12(10)15(17)18)14-7-9(16)8-19-2/h4-6,9,13-14,16H,3,7-8H2,1-2H3. The van der Waals surface area contributed by atoms with E-state index in [9.17, 15) is 15.2 Å². The van der Waals surface area contributed by atoms with Gasteiger partial charge in [0.1, 0.15) is 11.4 Å². The number of hydrogen-bond acceptors (Lipinski definition) is 6. The van der Waals surface area contributed by atoms with Crippen LogP contribution in [0.1, 0.15) is 6.92 Å². The van der Waals surface area contributed by atoms with Crippen LogP contribution in [-0.4, -0.2) is 42.9 Å². The van der Waals surface area contributed by atoms with Crippen LogP contribution in [0, 0.1) is 10.1 Å². The van der Waals surface area contributed by atoms with Crippen molar-refractivity contribution in [2.45, 2.75) is 13.0 Å². The zero-order chi connectivity index (χ0) is 14.3. The lowest BCUT2D eigenvalue weighted by Crippen LogP contribution is -2.24. The van der Waals surface area contributed by atoms with E-state index >= 15 is 0 Å². The van der Waals surface area contributed by atoms with E-state index in [4.69, 9.17) is 4.74 Å². The molecule has 106 valence electrons. The molecule has 0 amide bonds. The SMILES string of the molecule is CCNc1cccc(NCC(O)COC)c1[N+](=O)[O-]. The monoisotopic (exact) mass is 269 g/mol. The Hall–Kier alpha value is -1.86. The second-order valence-electron chi connectivity index (χ2n) is 3.98. The maximum atomic E-state index is 11.1. The molecule has 0 aliphatic carbocycles. The minimum atomic E-state index is -0.715. The second-order valence-corrected chi connectivity index (χ2v) is 3.98. The predicted molar refractivity (Wildman–Crippen MR) is 73.6 cm³/mol. The van der Waals surface area contributed by atoms with Gasteiger partial charge in [0, 0.05) is 20.2 Å². The minimum Gasteiger partial charge on any atom is -0.389 e. The topological polar surface area (TPSA) is 96.7 Å². The van der Waals surface area contributed by atoms with Crippen molar-refractivity contribution < 1.29 is 14.8 Å². The van der Waals surface area contributed by atoms with Crippen LogP contribution in [0.3, 0.4) is 0 Å². The Labute approximate surface area is 111 Å². The summed E-state index contributed by atoms with van der Waals surface area (Å²) in [4.78, 5) is 10.7. The van der Waals surface area contributed by atoms with Crippen molar-refractivity contribution in [3.05, 3.63) is 28.3 Å². The van der Waals surface area contributed by atoms with Gasteiger partial charge >= 0.3 is 5.69 Å². The van der Waals surface area contributed by atoms with Crippen LogP contribution in [0.5, 0.6) is 0 Å². The Bertz CT molecular complexity index is 425. The number of methoxy groups -OCH3 is 1. The van der Waals surface area contributed by atoms with Gasteiger partial charge in [0.15, 0.2) is 0 Å². The largest absolute Gasteiger partial charge is 0.389 e. The summed E-state index contributed by atoms with van der Waals surface area (Å²) in [6, 6.07) is 4.98. The molecule has 1 aromatic rings. The first-order valence-corrected chi connectivity index (χ1v) is 6.02. The highest BCUT2D eigenvalue weighted by Gasteiger charge is 2.19. The van der Waals surface area contributed by atoms with Crippen LogP contribution in [0.15, 0.2) is 18.2 Å². The number of rotatable bonds is 8. The summed E-state index contributed by atoms with van der Waals surface area (Å²) in [7, 11) is 1.48. The van der Waals surface area contributed by atoms with Gasteiger partial charge in [0.2, 0.25) is 0 Å². The summed E-state index contributed by atoms with van der Waals surface area (Å²) in [6.45, 7) is 2.82. The van der Waals surface area contributed by atoms with Crippen LogP contribution < -0.4 is 10.6 Å². The van der Waals surface area contributed by atoms with Gasteiger partial charge < -0.3 is 20.5 Å². The number of ether oxygens (including phenoxy) is 1. The number of nitro benzene ring substituents is 1. The molecule has 0 fully saturated rings. The van der Waals surface area contributed by atoms with Gasteiger partial charge in [-0.25, -0.2) is 0 Å². The van der Waals surface area contributed by atoms with Gasteiger partial charge in [-0.05, 0) is 19.1 Å². The molecule has 0 aromatic heterocycles. The van der Waals surface area contributed by atoms with Crippen LogP contribution in [0.2, 0.25) is 0 Å². The fourth-order valence-corrected chi connectivity index (χ4v) is 1.70. The molecule has 0 bridgehead atoms. The number of hydrogen-bond donors (Lipinski definition) is 3. The van der Waals surface area contributed by atoms with Crippen LogP contribution in [-0.2, 0) is 4.74 Å². The van der Waals surface area contributed by atoms with Crippen molar-refractivity contribution in [3.8, 4) is 0 Å². The van der Waals surface area contributed by atoms with Gasteiger partial charge in [-0.3, -0.25) is 10.1 Å². The first-order valence-electron chi connectivity index (χ1n) is 6.02. The fourth-order valence-electron chi connectivity index (χ4n) is 1.70. The third kappa shape index (κ3) is 4.38. The maximum Gasteiger partial charge on any atom is 0.315 e. The average Bonchev–Trinajstić information content (AvgIpc) is 2.37. The first-order chi connectivity index (χ1) is 9.10. The van der Waals surface area contributed by atoms with E-state index < -0.39 is 11.0 Å². The molecule has 7 nitrogen and oxygen atoms in total. The zero-order valence-corrected chi connectivity index (χ0v) is 11.0. The number of nitrogens with one attached hydrogen (secondary N) is 2. The molecule has 1 atom stereocenters. The molecule has 19 heavy (non-hydrogen) atoms. The summed E-state index contributed by atoms with van der Waals surface area (Å²) >= 11 is 0. The molecule has 0 radical (unpaired) electrons. The average molecular weight is 269 g/mol. The van der Waals surface area contributed by atoms with Crippen molar-refractivity contribution >= 4 is 17.1 Å². The molecule has 0 heterocycles. The summed E-state index contributed by atoms with van der Waals surface area (Å²) < 4.78 is 4.80. The molecule has 3 N–H and O–H groups in total. The Kier molecular flexibility index (Phi) is 6.04. The highest BCUT2D eigenvalue weighted by atomic mass is 16.6. The summed E-state index contributed by atoms with van der Waals surface area (Å²) in [5.41, 5.74) is 0.811. The van der Waals surface area contributed by atoms with Gasteiger partial charge in [-0.15, -0.1) is 0 Å². The Morgan fingerprint density at radius 2 is 2.05 bits per heavy atom. The van der Waals surface area contributed by atoms with Gasteiger partial charge in [0.25, 0.3) is 0 Å². The third-order valence-corrected chi connectivity index (χ3v) is 2.47. The number of para-hydroxylation sites is 1. The van der Waals surface area contributed by atoms with Crippen molar-refractivity contribution in [1.29, 1.82) is 0 Å². The Balaban J connectivity index is 2.87. The number of aliphatic hydroxyl groups is 1. The van der Waals surface area contributed by atoms with E-state index in [1.165, 1.54) is 7.11 Å². The molecule has 0 aliphatic heterocycles. The molecular formula is C12H19N3O4. The van der Waals surface area contributed by atoms with E-state index in [-0.39, 0.29) is 18.8 Å². The highest BCUT2D eigenvalue weighted by molar-refractivity contribution is 5.76. The predicted octanol–water partition coefficient (Wildman–Crippen LogP) is 1.45. The molecule has 0 aliphatic rings. The number of nitrogens with zero attached hydrogens (tertiary/aromatic N) is 1. The number of aliphatic hydroxyl groups excluding tert-OH is 1. The molecule has 0 spiro atoms. The second kappa shape index (κ2) is 7.55. The Morgan fingerprint density at radius 1 is 1.42 bits per heavy atom. The molecule has 7 heteroatoms. The quantitative estimate of drug-likeness (QED) is 0.488. The fraction of sp³-hybridized carbons (Fsp3) is 0.500. The molecule has 0 saturated carbocycles. The van der Waals surface area contributed by atoms with Gasteiger partial charge in [-0.1, -0.05) is 6.07 Å². The molecule has 1 aromatic carbocycles. The maximum absolute atomic E-state index is 11.1. The van der Waals surface area contributed by atoms with E-state index in [1.54, 1.807) is 18.2 Å². The molecule has 1 unspecified atom stereocenters. The zero-order valence-electron chi connectivity index (χ0n) is 11.0. The van der Waals surface area contributed by atoms with Gasteiger partial charge in [0.05, 0.1) is 17.6 Å². The normalized spacial score (nSPS) is 11.9. The van der Waals surface area contributed by atoms with E-state index in [2.05, 4.69) is 10.6 Å². The lowest BCUT2D eigenvalue weighted by Gasteiger charge is -2.13. The van der Waals surface area contributed by atoms with Crippen LogP contribution in [0.4, 0.5) is 17.1 Å². The smallest absolute Gasteiger partial charge is 0.315 e. The lowest BCUT2D eigenvalue weighted by atomic mass is 10.2. The van der Waals surface area contributed by atoms with E-state index in [0.29, 0.717) is 17.9 Å². The lowest BCUT2D eigenvalue weighted by molar-refractivity contribution is -0.383. The number of anilines is 2. The summed E-state index contributed by atoms with van der Waals surface area (Å²) in [5.74, 6) is 0. The van der Waals surface area contributed by atoms with Crippen LogP contribution >= 0.6 is 0 Å². The molecule has 0 saturated heterocycles. The molecule has 1 rings (SSSR count). The van der Waals surface area contributed by atoms with Crippen LogP contribution in [0.25, 0.3) is 0 Å². The number of nitro groups is 1. The van der Waals surface area contributed by atoms with Crippen molar-refractivity contribution in [3.63, 3.8) is 0 Å². The summed E-state index contributed by atoms with van der Waals surface area (Å²) in [6.07, 6.45) is -0.715. The van der Waals surface area contributed by atoms with E-state index in [1.807, 2.05) is 6.92 Å². The van der Waals surface area contributed by atoms with Crippen molar-refractivity contribution in [2.24, 2.45) is 0 Å². The third-order valence-electron chi connectivity index (χ3n) is 2.47. The Morgan fingerprint density at radius 3 is 2.58 bits per heavy atom. The van der Waals surface area contributed by atoms with Crippen molar-refractivity contribution in [2.75, 3.05) is 37.4 Å². The van der Waals surface area contributed by atoms with E-state index in [0.717, 1.165) is 0 Å². The van der Waals surface area contributed by atoms with Gasteiger partial charge in [-0.2, -0.15) is 0 Å².